The van der Waals surface area contributed by atoms with E-state index in [1.54, 1.807) is 26.3 Å². The second-order valence-corrected chi connectivity index (χ2v) is 3.61. The summed E-state index contributed by atoms with van der Waals surface area (Å²) < 4.78 is 17.9. The maximum absolute atomic E-state index is 12.8. The summed E-state index contributed by atoms with van der Waals surface area (Å²) in [6.45, 7) is 0.380. The van der Waals surface area contributed by atoms with E-state index in [-0.39, 0.29) is 5.82 Å². The number of nitrogens with zero attached hydrogens (tertiary/aromatic N) is 3. The van der Waals surface area contributed by atoms with Gasteiger partial charge in [0.1, 0.15) is 17.3 Å². The first kappa shape index (κ1) is 12.4. The maximum Gasteiger partial charge on any atom is 0.180 e. The summed E-state index contributed by atoms with van der Waals surface area (Å²) in [6.07, 6.45) is 1.14. The SMILES string of the molecule is CNc1cc(COC)nc(-c2ccc(F)cn2)n1. The van der Waals surface area contributed by atoms with Crippen LogP contribution in [-0.2, 0) is 11.3 Å². The van der Waals surface area contributed by atoms with Crippen molar-refractivity contribution < 1.29 is 9.13 Å². The molecule has 2 rings (SSSR count). The molecule has 2 heterocycles. The highest BCUT2D eigenvalue weighted by molar-refractivity contribution is 5.52. The van der Waals surface area contributed by atoms with Crippen LogP contribution in [0.5, 0.6) is 0 Å². The van der Waals surface area contributed by atoms with Gasteiger partial charge in [-0.3, -0.25) is 0 Å². The van der Waals surface area contributed by atoms with Crippen LogP contribution in [0.3, 0.4) is 0 Å². The van der Waals surface area contributed by atoms with Gasteiger partial charge in [0.25, 0.3) is 0 Å². The van der Waals surface area contributed by atoms with Crippen LogP contribution in [0, 0.1) is 5.82 Å². The molecule has 0 amide bonds. The first-order valence-corrected chi connectivity index (χ1v) is 5.39. The topological polar surface area (TPSA) is 59.9 Å². The molecule has 2 aromatic heterocycles. The summed E-state index contributed by atoms with van der Waals surface area (Å²) in [7, 11) is 3.36. The van der Waals surface area contributed by atoms with Crippen molar-refractivity contribution >= 4 is 5.82 Å². The number of methoxy groups -OCH3 is 1. The summed E-state index contributed by atoms with van der Waals surface area (Å²) in [5.41, 5.74) is 1.25. The van der Waals surface area contributed by atoms with Crippen LogP contribution >= 0.6 is 0 Å². The van der Waals surface area contributed by atoms with E-state index in [9.17, 15) is 4.39 Å². The molecule has 5 nitrogen and oxygen atoms in total. The number of hydrogen-bond donors (Lipinski definition) is 1. The van der Waals surface area contributed by atoms with Crippen molar-refractivity contribution in [3.05, 3.63) is 35.9 Å². The molecule has 1 N–H and O–H groups in total. The van der Waals surface area contributed by atoms with Gasteiger partial charge in [-0.15, -0.1) is 0 Å². The molecular weight excluding hydrogens is 235 g/mol. The van der Waals surface area contributed by atoms with Crippen LogP contribution in [0.15, 0.2) is 24.4 Å². The third-order valence-electron chi connectivity index (χ3n) is 2.28. The second kappa shape index (κ2) is 5.50. The fourth-order valence-corrected chi connectivity index (χ4v) is 1.47. The molecule has 0 radical (unpaired) electrons. The Kier molecular flexibility index (Phi) is 3.78. The molecule has 0 saturated carbocycles. The van der Waals surface area contributed by atoms with Crippen molar-refractivity contribution in [1.29, 1.82) is 0 Å². The van der Waals surface area contributed by atoms with Crippen molar-refractivity contribution in [1.82, 2.24) is 15.0 Å². The Hall–Kier alpha value is -2.08. The van der Waals surface area contributed by atoms with Gasteiger partial charge < -0.3 is 10.1 Å². The van der Waals surface area contributed by atoms with Gasteiger partial charge in [-0.05, 0) is 12.1 Å². The highest BCUT2D eigenvalue weighted by atomic mass is 19.1. The molecule has 0 aliphatic carbocycles. The Morgan fingerprint density at radius 2 is 2.17 bits per heavy atom. The Morgan fingerprint density at radius 3 is 2.78 bits per heavy atom. The Labute approximate surface area is 104 Å². The molecule has 0 aromatic carbocycles. The smallest absolute Gasteiger partial charge is 0.180 e. The molecule has 0 aliphatic rings. The van der Waals surface area contributed by atoms with E-state index >= 15 is 0 Å². The molecule has 0 spiro atoms. The lowest BCUT2D eigenvalue weighted by atomic mass is 10.3. The van der Waals surface area contributed by atoms with Gasteiger partial charge in [0.05, 0.1) is 18.5 Å². The molecule has 0 aliphatic heterocycles. The molecule has 6 heteroatoms. The second-order valence-electron chi connectivity index (χ2n) is 3.61. The number of halogens is 1. The van der Waals surface area contributed by atoms with E-state index in [0.717, 1.165) is 11.9 Å². The number of pyridine rings is 1. The first-order valence-electron chi connectivity index (χ1n) is 5.39. The van der Waals surface area contributed by atoms with Crippen molar-refractivity contribution in [2.75, 3.05) is 19.5 Å². The van der Waals surface area contributed by atoms with E-state index in [1.807, 2.05) is 0 Å². The lowest BCUT2D eigenvalue weighted by Gasteiger charge is -2.06. The number of hydrogen-bond acceptors (Lipinski definition) is 5. The van der Waals surface area contributed by atoms with Gasteiger partial charge >= 0.3 is 0 Å². The first-order chi connectivity index (χ1) is 8.72. The molecule has 0 saturated heterocycles. The van der Waals surface area contributed by atoms with E-state index in [0.29, 0.717) is 23.9 Å². The van der Waals surface area contributed by atoms with Crippen molar-refractivity contribution in [2.24, 2.45) is 0 Å². The van der Waals surface area contributed by atoms with Crippen LogP contribution in [0.2, 0.25) is 0 Å². The van der Waals surface area contributed by atoms with Gasteiger partial charge in [0, 0.05) is 20.2 Å². The van der Waals surface area contributed by atoms with Gasteiger partial charge in [-0.2, -0.15) is 0 Å². The molecule has 18 heavy (non-hydrogen) atoms. The van der Waals surface area contributed by atoms with Gasteiger partial charge in [0.2, 0.25) is 0 Å². The van der Waals surface area contributed by atoms with Crippen LogP contribution in [0.4, 0.5) is 10.2 Å². The number of anilines is 1. The largest absolute Gasteiger partial charge is 0.378 e. The Balaban J connectivity index is 2.42. The molecule has 0 fully saturated rings. The molecule has 94 valence electrons. The lowest BCUT2D eigenvalue weighted by Crippen LogP contribution is -2.02. The average molecular weight is 248 g/mol. The summed E-state index contributed by atoms with van der Waals surface area (Å²) in [5, 5.41) is 2.94. The van der Waals surface area contributed by atoms with Crippen LogP contribution in [0.1, 0.15) is 5.69 Å². The summed E-state index contributed by atoms with van der Waals surface area (Å²) >= 11 is 0. The third kappa shape index (κ3) is 2.78. The highest BCUT2D eigenvalue weighted by Crippen LogP contribution is 2.16. The number of aromatic nitrogens is 3. The normalized spacial score (nSPS) is 10.4. The molecule has 0 atom stereocenters. The van der Waals surface area contributed by atoms with Crippen molar-refractivity contribution in [2.45, 2.75) is 6.61 Å². The van der Waals surface area contributed by atoms with Crippen LogP contribution in [0.25, 0.3) is 11.5 Å². The van der Waals surface area contributed by atoms with Gasteiger partial charge in [0.15, 0.2) is 5.82 Å². The zero-order valence-electron chi connectivity index (χ0n) is 10.1. The van der Waals surface area contributed by atoms with Crippen molar-refractivity contribution in [3.8, 4) is 11.5 Å². The third-order valence-corrected chi connectivity index (χ3v) is 2.28. The Bertz CT molecular complexity index is 530. The monoisotopic (exact) mass is 248 g/mol. The van der Waals surface area contributed by atoms with Crippen molar-refractivity contribution in [3.63, 3.8) is 0 Å². The highest BCUT2D eigenvalue weighted by Gasteiger charge is 2.07. The predicted molar refractivity (Wildman–Crippen MR) is 65.5 cm³/mol. The summed E-state index contributed by atoms with van der Waals surface area (Å²) in [4.78, 5) is 12.5. The molecule has 2 aromatic rings. The molecule has 0 unspecified atom stereocenters. The van der Waals surface area contributed by atoms with Gasteiger partial charge in [-0.1, -0.05) is 0 Å². The van der Waals surface area contributed by atoms with E-state index < -0.39 is 0 Å². The van der Waals surface area contributed by atoms with E-state index in [4.69, 9.17) is 4.74 Å². The van der Waals surface area contributed by atoms with Crippen LogP contribution < -0.4 is 5.32 Å². The standard InChI is InChI=1S/C12H13FN4O/c1-14-11-5-9(7-18-2)16-12(17-11)10-4-3-8(13)6-15-10/h3-6H,7H2,1-2H3,(H,14,16,17). The quantitative estimate of drug-likeness (QED) is 0.895. The summed E-state index contributed by atoms with van der Waals surface area (Å²) in [5.74, 6) is 0.715. The minimum absolute atomic E-state index is 0.380. The molecule has 0 bridgehead atoms. The minimum Gasteiger partial charge on any atom is -0.378 e. The molecular formula is C12H13FN4O. The minimum atomic E-state index is -0.388. The Morgan fingerprint density at radius 1 is 1.33 bits per heavy atom. The summed E-state index contributed by atoms with van der Waals surface area (Å²) in [6, 6.07) is 4.66. The number of ether oxygens (including phenoxy) is 1. The number of nitrogens with one attached hydrogen (secondary N) is 1. The van der Waals surface area contributed by atoms with Gasteiger partial charge in [-0.25, -0.2) is 19.3 Å². The maximum atomic E-state index is 12.8. The fraction of sp³-hybridized carbons (Fsp3) is 0.250. The fourth-order valence-electron chi connectivity index (χ4n) is 1.47. The lowest BCUT2D eigenvalue weighted by molar-refractivity contribution is 0.181. The average Bonchev–Trinajstić information content (AvgIpc) is 2.39. The van der Waals surface area contributed by atoms with Crippen LogP contribution in [-0.4, -0.2) is 29.1 Å². The zero-order valence-corrected chi connectivity index (χ0v) is 10.1. The van der Waals surface area contributed by atoms with E-state index in [2.05, 4.69) is 20.3 Å². The number of rotatable bonds is 4. The predicted octanol–water partition coefficient (Wildman–Crippen LogP) is 1.87. The van der Waals surface area contributed by atoms with E-state index in [1.165, 1.54) is 6.07 Å². The zero-order chi connectivity index (χ0) is 13.0.